The zero-order valence-corrected chi connectivity index (χ0v) is 14.2. The van der Waals surface area contributed by atoms with Gasteiger partial charge in [0.15, 0.2) is 0 Å². The predicted octanol–water partition coefficient (Wildman–Crippen LogP) is 2.61. The quantitative estimate of drug-likeness (QED) is 0.809. The number of nitrogens with one attached hydrogen (secondary N) is 1. The SMILES string of the molecule is CC1(C)CN(C(=O)c2cc3c([nH]c2=O)CCCCC3)CCS1. The topological polar surface area (TPSA) is 53.2 Å². The van der Waals surface area contributed by atoms with Crippen LogP contribution in [0.4, 0.5) is 0 Å². The van der Waals surface area contributed by atoms with E-state index in [1.807, 2.05) is 22.7 Å². The van der Waals surface area contributed by atoms with Crippen molar-refractivity contribution in [3.63, 3.8) is 0 Å². The van der Waals surface area contributed by atoms with Gasteiger partial charge in [-0.2, -0.15) is 11.8 Å². The largest absolute Gasteiger partial charge is 0.336 e. The molecule has 0 saturated carbocycles. The lowest BCUT2D eigenvalue weighted by Crippen LogP contribution is -2.47. The minimum absolute atomic E-state index is 0.0619. The zero-order chi connectivity index (χ0) is 15.7. The van der Waals surface area contributed by atoms with Crippen LogP contribution in [-0.4, -0.2) is 39.4 Å². The van der Waals surface area contributed by atoms with Gasteiger partial charge in [0.2, 0.25) is 0 Å². The third-order valence-electron chi connectivity index (χ3n) is 4.53. The summed E-state index contributed by atoms with van der Waals surface area (Å²) in [6, 6.07) is 1.86. The summed E-state index contributed by atoms with van der Waals surface area (Å²) in [4.78, 5) is 29.9. The smallest absolute Gasteiger partial charge is 0.261 e. The number of hydrogen-bond acceptors (Lipinski definition) is 3. The minimum atomic E-state index is -0.221. The van der Waals surface area contributed by atoms with Crippen LogP contribution in [0.2, 0.25) is 0 Å². The summed E-state index contributed by atoms with van der Waals surface area (Å²) >= 11 is 1.89. The molecule has 1 N–H and O–H groups in total. The van der Waals surface area contributed by atoms with Gasteiger partial charge in [-0.05, 0) is 51.2 Å². The summed E-state index contributed by atoms with van der Waals surface area (Å²) in [6.07, 6.45) is 5.34. The molecule has 2 aliphatic rings. The van der Waals surface area contributed by atoms with Gasteiger partial charge < -0.3 is 9.88 Å². The summed E-state index contributed by atoms with van der Waals surface area (Å²) < 4.78 is 0.0619. The lowest BCUT2D eigenvalue weighted by Gasteiger charge is -2.37. The molecule has 22 heavy (non-hydrogen) atoms. The van der Waals surface area contributed by atoms with Crippen LogP contribution in [0.1, 0.15) is 54.7 Å². The Labute approximate surface area is 135 Å². The van der Waals surface area contributed by atoms with E-state index in [1.165, 1.54) is 6.42 Å². The molecule has 1 aromatic heterocycles. The number of fused-ring (bicyclic) bond motifs is 1. The van der Waals surface area contributed by atoms with Crippen LogP contribution < -0.4 is 5.56 Å². The van der Waals surface area contributed by atoms with Gasteiger partial charge in [0.05, 0.1) is 0 Å². The molecule has 120 valence electrons. The molecule has 0 spiro atoms. The number of aromatic amines is 1. The summed E-state index contributed by atoms with van der Waals surface area (Å²) in [6.45, 7) is 5.73. The zero-order valence-electron chi connectivity index (χ0n) is 13.4. The summed E-state index contributed by atoms with van der Waals surface area (Å²) in [7, 11) is 0. The van der Waals surface area contributed by atoms with Crippen LogP contribution in [0.3, 0.4) is 0 Å². The third-order valence-corrected chi connectivity index (χ3v) is 5.83. The highest BCUT2D eigenvalue weighted by atomic mass is 32.2. The Kier molecular flexibility index (Phi) is 4.35. The average Bonchev–Trinajstić information content (AvgIpc) is 2.69. The van der Waals surface area contributed by atoms with Crippen LogP contribution in [0.25, 0.3) is 0 Å². The Bertz CT molecular complexity index is 636. The highest BCUT2D eigenvalue weighted by Crippen LogP contribution is 2.30. The molecule has 1 aliphatic heterocycles. The molecule has 1 aliphatic carbocycles. The van der Waals surface area contributed by atoms with Gasteiger partial charge in [-0.15, -0.1) is 0 Å². The molecule has 1 saturated heterocycles. The molecular weight excluding hydrogens is 296 g/mol. The first kappa shape index (κ1) is 15.7. The number of carbonyl (C=O) groups excluding carboxylic acids is 1. The lowest BCUT2D eigenvalue weighted by molar-refractivity contribution is 0.0746. The second-order valence-electron chi connectivity index (χ2n) is 6.91. The lowest BCUT2D eigenvalue weighted by atomic mass is 10.0. The van der Waals surface area contributed by atoms with Gasteiger partial charge in [0, 0.05) is 29.3 Å². The molecule has 0 aromatic carbocycles. The first-order chi connectivity index (χ1) is 10.5. The van der Waals surface area contributed by atoms with Crippen molar-refractivity contribution >= 4 is 17.7 Å². The predicted molar refractivity (Wildman–Crippen MR) is 90.8 cm³/mol. The molecule has 1 fully saturated rings. The maximum atomic E-state index is 12.8. The van der Waals surface area contributed by atoms with Gasteiger partial charge in [0.25, 0.3) is 11.5 Å². The van der Waals surface area contributed by atoms with E-state index < -0.39 is 0 Å². The van der Waals surface area contributed by atoms with Crippen LogP contribution in [0.15, 0.2) is 10.9 Å². The standard InChI is InChI=1S/C17H24N2O2S/c1-17(2)11-19(8-9-22-17)16(21)13-10-12-6-4-3-5-7-14(12)18-15(13)20/h10H,3-9,11H2,1-2H3,(H,18,20). The van der Waals surface area contributed by atoms with Crippen molar-refractivity contribution in [3.8, 4) is 0 Å². The molecule has 0 radical (unpaired) electrons. The molecule has 2 heterocycles. The Morgan fingerprint density at radius 3 is 2.82 bits per heavy atom. The summed E-state index contributed by atoms with van der Waals surface area (Å²) in [5.41, 5.74) is 2.30. The van der Waals surface area contributed by atoms with E-state index in [9.17, 15) is 9.59 Å². The van der Waals surface area contributed by atoms with Crippen molar-refractivity contribution in [2.75, 3.05) is 18.8 Å². The number of pyridine rings is 1. The van der Waals surface area contributed by atoms with E-state index in [-0.39, 0.29) is 16.2 Å². The number of thioether (sulfide) groups is 1. The Hall–Kier alpha value is -1.23. The van der Waals surface area contributed by atoms with Crippen molar-refractivity contribution < 1.29 is 4.79 Å². The monoisotopic (exact) mass is 320 g/mol. The van der Waals surface area contributed by atoms with Gasteiger partial charge >= 0.3 is 0 Å². The van der Waals surface area contributed by atoms with E-state index in [2.05, 4.69) is 18.8 Å². The number of aryl methyl sites for hydroxylation is 2. The molecule has 5 heteroatoms. The Balaban J connectivity index is 1.89. The summed E-state index contributed by atoms with van der Waals surface area (Å²) in [5, 5.41) is 0. The van der Waals surface area contributed by atoms with Crippen LogP contribution in [-0.2, 0) is 12.8 Å². The van der Waals surface area contributed by atoms with E-state index in [0.29, 0.717) is 12.1 Å². The first-order valence-electron chi connectivity index (χ1n) is 8.15. The maximum absolute atomic E-state index is 12.8. The van der Waals surface area contributed by atoms with Crippen LogP contribution >= 0.6 is 11.8 Å². The molecule has 0 bridgehead atoms. The van der Waals surface area contributed by atoms with E-state index in [1.54, 1.807) is 0 Å². The average molecular weight is 320 g/mol. The minimum Gasteiger partial charge on any atom is -0.336 e. The fraction of sp³-hybridized carbons (Fsp3) is 0.647. The highest BCUT2D eigenvalue weighted by Gasteiger charge is 2.31. The maximum Gasteiger partial charge on any atom is 0.261 e. The van der Waals surface area contributed by atoms with Crippen molar-refractivity contribution in [3.05, 3.63) is 33.2 Å². The van der Waals surface area contributed by atoms with Crippen molar-refractivity contribution in [1.82, 2.24) is 9.88 Å². The molecule has 1 amide bonds. The highest BCUT2D eigenvalue weighted by molar-refractivity contribution is 8.00. The fourth-order valence-electron chi connectivity index (χ4n) is 3.37. The number of rotatable bonds is 1. The molecule has 1 aromatic rings. The number of nitrogens with zero attached hydrogens (tertiary/aromatic N) is 1. The van der Waals surface area contributed by atoms with E-state index in [4.69, 9.17) is 0 Å². The van der Waals surface area contributed by atoms with E-state index >= 15 is 0 Å². The number of aromatic nitrogens is 1. The van der Waals surface area contributed by atoms with Gasteiger partial charge in [-0.1, -0.05) is 6.42 Å². The first-order valence-corrected chi connectivity index (χ1v) is 9.13. The normalized spacial score (nSPS) is 21.1. The Morgan fingerprint density at radius 1 is 1.27 bits per heavy atom. The number of amides is 1. The molecule has 0 atom stereocenters. The van der Waals surface area contributed by atoms with E-state index in [0.717, 1.165) is 49.2 Å². The van der Waals surface area contributed by atoms with Gasteiger partial charge in [0.1, 0.15) is 5.56 Å². The van der Waals surface area contributed by atoms with Gasteiger partial charge in [-0.3, -0.25) is 9.59 Å². The second-order valence-corrected chi connectivity index (χ2v) is 8.71. The second kappa shape index (κ2) is 6.11. The molecule has 3 rings (SSSR count). The fourth-order valence-corrected chi connectivity index (χ4v) is 4.48. The van der Waals surface area contributed by atoms with Crippen LogP contribution in [0, 0.1) is 0 Å². The van der Waals surface area contributed by atoms with Crippen molar-refractivity contribution in [1.29, 1.82) is 0 Å². The molecule has 4 nitrogen and oxygen atoms in total. The van der Waals surface area contributed by atoms with Gasteiger partial charge in [-0.25, -0.2) is 0 Å². The molecular formula is C17H24N2O2S. The number of H-pyrrole nitrogens is 1. The Morgan fingerprint density at radius 2 is 2.05 bits per heavy atom. The number of carbonyl (C=O) groups is 1. The number of hydrogen-bond donors (Lipinski definition) is 1. The van der Waals surface area contributed by atoms with Crippen molar-refractivity contribution in [2.45, 2.75) is 50.7 Å². The van der Waals surface area contributed by atoms with Crippen molar-refractivity contribution in [2.24, 2.45) is 0 Å². The third kappa shape index (κ3) is 3.24. The summed E-state index contributed by atoms with van der Waals surface area (Å²) in [5.74, 6) is 0.823. The molecule has 0 unspecified atom stereocenters. The van der Waals surface area contributed by atoms with Crippen LogP contribution in [0.5, 0.6) is 0 Å².